The van der Waals surface area contributed by atoms with E-state index in [2.05, 4.69) is 27.2 Å². The van der Waals surface area contributed by atoms with Gasteiger partial charge in [-0.25, -0.2) is 0 Å². The molecule has 1 amide bonds. The first-order valence-corrected chi connectivity index (χ1v) is 10.1. The number of carbonyl (C=O) groups excluding carboxylic acids is 1. The van der Waals surface area contributed by atoms with Crippen molar-refractivity contribution in [1.82, 2.24) is 20.0 Å². The lowest BCUT2D eigenvalue weighted by Crippen LogP contribution is -2.55. The van der Waals surface area contributed by atoms with Crippen molar-refractivity contribution in [3.8, 4) is 0 Å². The predicted octanol–water partition coefficient (Wildman–Crippen LogP) is 2.52. The Hall–Kier alpha value is -1.06. The third-order valence-electron chi connectivity index (χ3n) is 5.39. The Labute approximate surface area is 190 Å². The topological polar surface area (TPSA) is 51.2 Å². The van der Waals surface area contributed by atoms with Crippen molar-refractivity contribution in [2.45, 2.75) is 19.4 Å². The van der Waals surface area contributed by atoms with Crippen molar-refractivity contribution in [2.75, 3.05) is 53.4 Å². The molecule has 1 aromatic rings. The molecule has 0 aromatic heterocycles. The summed E-state index contributed by atoms with van der Waals surface area (Å²) < 4.78 is 0. The van der Waals surface area contributed by atoms with Crippen LogP contribution in [0.5, 0.6) is 0 Å². The van der Waals surface area contributed by atoms with Gasteiger partial charge in [0.1, 0.15) is 0 Å². The first-order chi connectivity index (χ1) is 13.0. The van der Waals surface area contributed by atoms with Crippen LogP contribution in [-0.2, 0) is 11.3 Å². The summed E-state index contributed by atoms with van der Waals surface area (Å²) in [6.07, 6.45) is 2.51. The van der Waals surface area contributed by atoms with Crippen molar-refractivity contribution >= 4 is 47.4 Å². The monoisotopic (exact) mass is 519 g/mol. The molecule has 2 heterocycles. The van der Waals surface area contributed by atoms with E-state index in [0.29, 0.717) is 30.6 Å². The standard InChI is InChI=1S/C20H30ClN5O.HI/c1-22-20(23-12-17-4-3-9-24(2)13-17)26-11-10-25(19(27)15-26)14-16-5-7-18(21)8-6-16;/h5-8,17H,3-4,9-15H2,1-2H3,(H,22,23);1H. The maximum atomic E-state index is 12.6. The van der Waals surface area contributed by atoms with Crippen LogP contribution in [0.4, 0.5) is 0 Å². The normalized spacial score (nSPS) is 21.5. The Morgan fingerprint density at radius 1 is 1.25 bits per heavy atom. The van der Waals surface area contributed by atoms with Gasteiger partial charge in [-0.2, -0.15) is 0 Å². The van der Waals surface area contributed by atoms with Crippen LogP contribution in [0.3, 0.4) is 0 Å². The number of carbonyl (C=O) groups is 1. The lowest BCUT2D eigenvalue weighted by molar-refractivity contribution is -0.135. The lowest BCUT2D eigenvalue weighted by Gasteiger charge is -2.37. The van der Waals surface area contributed by atoms with Gasteiger partial charge in [-0.3, -0.25) is 9.79 Å². The smallest absolute Gasteiger partial charge is 0.242 e. The Morgan fingerprint density at radius 2 is 2.00 bits per heavy atom. The number of nitrogens with zero attached hydrogens (tertiary/aromatic N) is 4. The first kappa shape index (κ1) is 23.2. The molecule has 1 aromatic carbocycles. The second-order valence-corrected chi connectivity index (χ2v) is 8.00. The van der Waals surface area contributed by atoms with E-state index in [1.165, 1.54) is 19.4 Å². The molecule has 0 saturated carbocycles. The maximum absolute atomic E-state index is 12.6. The molecule has 2 saturated heterocycles. The molecular weight excluding hydrogens is 489 g/mol. The van der Waals surface area contributed by atoms with Crippen LogP contribution in [0.2, 0.25) is 5.02 Å². The minimum atomic E-state index is 0. The van der Waals surface area contributed by atoms with Gasteiger partial charge in [-0.1, -0.05) is 23.7 Å². The van der Waals surface area contributed by atoms with Crippen molar-refractivity contribution in [1.29, 1.82) is 0 Å². The molecule has 2 aliphatic heterocycles. The van der Waals surface area contributed by atoms with Crippen molar-refractivity contribution < 1.29 is 4.79 Å². The minimum absolute atomic E-state index is 0. The summed E-state index contributed by atoms with van der Waals surface area (Å²) in [6.45, 7) is 5.73. The van der Waals surface area contributed by atoms with Gasteiger partial charge in [-0.05, 0) is 50.0 Å². The number of likely N-dealkylation sites (tertiary alicyclic amines) is 1. The number of benzene rings is 1. The second kappa shape index (κ2) is 11.2. The predicted molar refractivity (Wildman–Crippen MR) is 125 cm³/mol. The van der Waals surface area contributed by atoms with E-state index in [-0.39, 0.29) is 29.9 Å². The van der Waals surface area contributed by atoms with Gasteiger partial charge in [0.05, 0.1) is 6.54 Å². The summed E-state index contributed by atoms with van der Waals surface area (Å²) in [5.74, 6) is 1.61. The van der Waals surface area contributed by atoms with Gasteiger partial charge < -0.3 is 20.0 Å². The van der Waals surface area contributed by atoms with Gasteiger partial charge in [0.25, 0.3) is 0 Å². The van der Waals surface area contributed by atoms with Crippen LogP contribution >= 0.6 is 35.6 Å². The quantitative estimate of drug-likeness (QED) is 0.377. The number of piperidine rings is 1. The highest BCUT2D eigenvalue weighted by atomic mass is 127. The zero-order valence-electron chi connectivity index (χ0n) is 16.7. The molecule has 1 unspecified atom stereocenters. The molecule has 0 aliphatic carbocycles. The molecule has 0 spiro atoms. The average molecular weight is 520 g/mol. The Balaban J connectivity index is 0.00000280. The Bertz CT molecular complexity index is 669. The van der Waals surface area contributed by atoms with Crippen LogP contribution in [0.25, 0.3) is 0 Å². The average Bonchev–Trinajstić information content (AvgIpc) is 2.66. The largest absolute Gasteiger partial charge is 0.356 e. The van der Waals surface area contributed by atoms with E-state index in [0.717, 1.165) is 31.2 Å². The molecule has 0 bridgehead atoms. The SMILES string of the molecule is CN=C(NCC1CCCN(C)C1)N1CCN(Cc2ccc(Cl)cc2)C(=O)C1.I. The highest BCUT2D eigenvalue weighted by Gasteiger charge is 2.26. The minimum Gasteiger partial charge on any atom is -0.356 e. The van der Waals surface area contributed by atoms with Crippen LogP contribution < -0.4 is 5.32 Å². The van der Waals surface area contributed by atoms with E-state index < -0.39 is 0 Å². The number of rotatable bonds is 4. The number of hydrogen-bond acceptors (Lipinski definition) is 3. The third kappa shape index (κ3) is 6.49. The number of nitrogens with one attached hydrogen (secondary N) is 1. The van der Waals surface area contributed by atoms with Crippen LogP contribution in [0.1, 0.15) is 18.4 Å². The number of amides is 1. The summed E-state index contributed by atoms with van der Waals surface area (Å²) in [6, 6.07) is 7.69. The number of hydrogen-bond donors (Lipinski definition) is 1. The van der Waals surface area contributed by atoms with Gasteiger partial charge in [0, 0.05) is 44.8 Å². The molecule has 0 radical (unpaired) electrons. The Kier molecular flexibility index (Phi) is 9.30. The van der Waals surface area contributed by atoms with Crippen molar-refractivity contribution in [3.63, 3.8) is 0 Å². The molecule has 1 N–H and O–H groups in total. The van der Waals surface area contributed by atoms with E-state index >= 15 is 0 Å². The van der Waals surface area contributed by atoms with Crippen molar-refractivity contribution in [2.24, 2.45) is 10.9 Å². The molecule has 6 nitrogen and oxygen atoms in total. The summed E-state index contributed by atoms with van der Waals surface area (Å²) in [5, 5.41) is 4.20. The molecule has 1 atom stereocenters. The van der Waals surface area contributed by atoms with Crippen LogP contribution in [0.15, 0.2) is 29.3 Å². The van der Waals surface area contributed by atoms with Gasteiger partial charge >= 0.3 is 0 Å². The number of piperazine rings is 1. The summed E-state index contributed by atoms with van der Waals surface area (Å²) in [4.78, 5) is 23.4. The molecular formula is C20H31ClIN5O. The zero-order chi connectivity index (χ0) is 19.2. The highest BCUT2D eigenvalue weighted by Crippen LogP contribution is 2.15. The van der Waals surface area contributed by atoms with E-state index in [1.807, 2.05) is 29.2 Å². The number of aliphatic imine (C=N–C) groups is 1. The third-order valence-corrected chi connectivity index (χ3v) is 5.64. The maximum Gasteiger partial charge on any atom is 0.242 e. The fourth-order valence-electron chi connectivity index (χ4n) is 3.87. The van der Waals surface area contributed by atoms with Gasteiger partial charge in [-0.15, -0.1) is 24.0 Å². The van der Waals surface area contributed by atoms with Crippen molar-refractivity contribution in [3.05, 3.63) is 34.9 Å². The zero-order valence-corrected chi connectivity index (χ0v) is 19.8. The number of halogens is 2. The fourth-order valence-corrected chi connectivity index (χ4v) is 4.00. The molecule has 156 valence electrons. The molecule has 2 aliphatic rings. The number of guanidine groups is 1. The molecule has 8 heteroatoms. The highest BCUT2D eigenvalue weighted by molar-refractivity contribution is 14.0. The van der Waals surface area contributed by atoms with E-state index in [9.17, 15) is 4.79 Å². The fraction of sp³-hybridized carbons (Fsp3) is 0.600. The van der Waals surface area contributed by atoms with E-state index in [1.54, 1.807) is 7.05 Å². The first-order valence-electron chi connectivity index (χ1n) is 9.71. The van der Waals surface area contributed by atoms with Gasteiger partial charge in [0.15, 0.2) is 5.96 Å². The molecule has 2 fully saturated rings. The molecule has 3 rings (SSSR count). The van der Waals surface area contributed by atoms with Crippen LogP contribution in [-0.4, -0.2) is 79.9 Å². The van der Waals surface area contributed by atoms with Gasteiger partial charge in [0.2, 0.25) is 5.91 Å². The molecule has 28 heavy (non-hydrogen) atoms. The summed E-state index contributed by atoms with van der Waals surface area (Å²) >= 11 is 5.94. The van der Waals surface area contributed by atoms with E-state index in [4.69, 9.17) is 11.6 Å². The Morgan fingerprint density at radius 3 is 2.64 bits per heavy atom. The summed E-state index contributed by atoms with van der Waals surface area (Å²) in [7, 11) is 3.97. The second-order valence-electron chi connectivity index (χ2n) is 7.56. The van der Waals surface area contributed by atoms with Crippen LogP contribution in [0, 0.1) is 5.92 Å². The lowest BCUT2D eigenvalue weighted by atomic mass is 9.98. The summed E-state index contributed by atoms with van der Waals surface area (Å²) in [5.41, 5.74) is 1.10.